The first-order valence-corrected chi connectivity index (χ1v) is 7.74. The van der Waals surface area contributed by atoms with Crippen LogP contribution >= 0.6 is 0 Å². The number of hydrogen-bond acceptors (Lipinski definition) is 4. The molecule has 118 valence electrons. The smallest absolute Gasteiger partial charge is 0.119 e. The molecule has 2 aromatic rings. The standard InChI is InChI=1S/C17H23N3O2/c1-20-17-8-4-7-15(14(17)10-18-20)19-16(11-21)12-5-3-6-13(9-12)22-2/h3,5-6,9-10,15-16,19,21H,4,7-8,11H2,1-2H3. The number of fused-ring (bicyclic) bond motifs is 1. The summed E-state index contributed by atoms with van der Waals surface area (Å²) >= 11 is 0. The number of ether oxygens (including phenoxy) is 1. The number of rotatable bonds is 5. The van der Waals surface area contributed by atoms with E-state index >= 15 is 0 Å². The Morgan fingerprint density at radius 3 is 3.14 bits per heavy atom. The minimum atomic E-state index is -0.105. The number of nitrogens with zero attached hydrogens (tertiary/aromatic N) is 2. The zero-order valence-corrected chi connectivity index (χ0v) is 13.1. The third-order valence-corrected chi connectivity index (χ3v) is 4.46. The van der Waals surface area contributed by atoms with E-state index in [1.54, 1.807) is 7.11 Å². The van der Waals surface area contributed by atoms with Gasteiger partial charge in [-0.25, -0.2) is 0 Å². The number of aliphatic hydroxyl groups excluding tert-OH is 1. The van der Waals surface area contributed by atoms with E-state index in [1.165, 1.54) is 11.3 Å². The molecule has 1 aliphatic rings. The van der Waals surface area contributed by atoms with Crippen LogP contribution in [0.25, 0.3) is 0 Å². The summed E-state index contributed by atoms with van der Waals surface area (Å²) in [7, 11) is 3.65. The topological polar surface area (TPSA) is 59.3 Å². The minimum Gasteiger partial charge on any atom is -0.497 e. The first-order chi connectivity index (χ1) is 10.7. The number of benzene rings is 1. The summed E-state index contributed by atoms with van der Waals surface area (Å²) in [5, 5.41) is 17.8. The van der Waals surface area contributed by atoms with Gasteiger partial charge in [0.25, 0.3) is 0 Å². The van der Waals surface area contributed by atoms with Crippen molar-refractivity contribution in [2.45, 2.75) is 31.3 Å². The quantitative estimate of drug-likeness (QED) is 0.888. The van der Waals surface area contributed by atoms with Crippen LogP contribution in [-0.4, -0.2) is 28.6 Å². The summed E-state index contributed by atoms with van der Waals surface area (Å²) in [5.74, 6) is 0.809. The van der Waals surface area contributed by atoms with E-state index in [0.29, 0.717) is 0 Å². The second kappa shape index (κ2) is 6.50. The second-order valence-corrected chi connectivity index (χ2v) is 5.79. The molecule has 0 saturated carbocycles. The van der Waals surface area contributed by atoms with Crippen LogP contribution in [0.4, 0.5) is 0 Å². The molecule has 0 spiro atoms. The molecule has 0 amide bonds. The Hall–Kier alpha value is -1.85. The molecule has 3 rings (SSSR count). The molecular formula is C17H23N3O2. The highest BCUT2D eigenvalue weighted by atomic mass is 16.5. The molecule has 1 aliphatic carbocycles. The summed E-state index contributed by atoms with van der Waals surface area (Å²) in [6.45, 7) is 0.0548. The Morgan fingerprint density at radius 2 is 2.36 bits per heavy atom. The molecular weight excluding hydrogens is 278 g/mol. The van der Waals surface area contributed by atoms with Crippen molar-refractivity contribution in [2.75, 3.05) is 13.7 Å². The van der Waals surface area contributed by atoms with Crippen molar-refractivity contribution in [3.63, 3.8) is 0 Å². The fraction of sp³-hybridized carbons (Fsp3) is 0.471. The van der Waals surface area contributed by atoms with Crippen LogP contribution in [0.1, 0.15) is 41.7 Å². The van der Waals surface area contributed by atoms with Gasteiger partial charge in [0.15, 0.2) is 0 Å². The number of nitrogens with one attached hydrogen (secondary N) is 1. The van der Waals surface area contributed by atoms with Crippen molar-refractivity contribution >= 4 is 0 Å². The molecule has 5 nitrogen and oxygen atoms in total. The average Bonchev–Trinajstić information content (AvgIpc) is 2.95. The lowest BCUT2D eigenvalue weighted by molar-refractivity contribution is 0.228. The molecule has 22 heavy (non-hydrogen) atoms. The van der Waals surface area contributed by atoms with Gasteiger partial charge in [0, 0.05) is 24.3 Å². The van der Waals surface area contributed by atoms with Gasteiger partial charge in [0.2, 0.25) is 0 Å². The Bertz CT molecular complexity index is 639. The Morgan fingerprint density at radius 1 is 1.50 bits per heavy atom. The van der Waals surface area contributed by atoms with Crippen LogP contribution < -0.4 is 10.1 Å². The van der Waals surface area contributed by atoms with Crippen molar-refractivity contribution in [1.29, 1.82) is 0 Å². The first-order valence-electron chi connectivity index (χ1n) is 7.74. The van der Waals surface area contributed by atoms with Crippen LogP contribution in [0.2, 0.25) is 0 Å². The maximum atomic E-state index is 9.80. The second-order valence-electron chi connectivity index (χ2n) is 5.79. The van der Waals surface area contributed by atoms with Gasteiger partial charge >= 0.3 is 0 Å². The van der Waals surface area contributed by atoms with Crippen molar-refractivity contribution in [1.82, 2.24) is 15.1 Å². The highest BCUT2D eigenvalue weighted by Crippen LogP contribution is 2.31. The fourth-order valence-electron chi connectivity index (χ4n) is 3.23. The molecule has 1 heterocycles. The molecule has 2 unspecified atom stereocenters. The van der Waals surface area contributed by atoms with Crippen molar-refractivity contribution in [3.05, 3.63) is 47.3 Å². The summed E-state index contributed by atoms with van der Waals surface area (Å²) in [5.41, 5.74) is 3.60. The van der Waals surface area contributed by atoms with E-state index in [1.807, 2.05) is 42.2 Å². The van der Waals surface area contributed by atoms with Crippen LogP contribution in [0.15, 0.2) is 30.5 Å². The zero-order chi connectivity index (χ0) is 15.5. The Balaban J connectivity index is 1.81. The molecule has 1 aromatic carbocycles. The molecule has 0 aliphatic heterocycles. The molecule has 0 radical (unpaired) electrons. The summed E-state index contributed by atoms with van der Waals surface area (Å²) in [6.07, 6.45) is 5.23. The Labute approximate surface area is 130 Å². The molecule has 1 aromatic heterocycles. The lowest BCUT2D eigenvalue weighted by atomic mass is 9.91. The first kappa shape index (κ1) is 15.1. The molecule has 5 heteroatoms. The number of hydrogen-bond donors (Lipinski definition) is 2. The molecule has 2 atom stereocenters. The van der Waals surface area contributed by atoms with E-state index in [2.05, 4.69) is 10.4 Å². The van der Waals surface area contributed by atoms with Gasteiger partial charge in [-0.15, -0.1) is 0 Å². The van der Waals surface area contributed by atoms with Crippen molar-refractivity contribution in [3.8, 4) is 5.75 Å². The SMILES string of the molecule is COc1cccc(C(CO)NC2CCCc3c2cnn3C)c1. The van der Waals surface area contributed by atoms with Crippen LogP contribution in [0.3, 0.4) is 0 Å². The van der Waals surface area contributed by atoms with Gasteiger partial charge < -0.3 is 15.2 Å². The number of aryl methyl sites for hydroxylation is 1. The zero-order valence-electron chi connectivity index (χ0n) is 13.1. The van der Waals surface area contributed by atoms with E-state index in [0.717, 1.165) is 30.6 Å². The highest BCUT2D eigenvalue weighted by Gasteiger charge is 2.25. The fourth-order valence-corrected chi connectivity index (χ4v) is 3.23. The Kier molecular flexibility index (Phi) is 4.45. The summed E-state index contributed by atoms with van der Waals surface area (Å²) in [4.78, 5) is 0. The molecule has 0 bridgehead atoms. The monoisotopic (exact) mass is 301 g/mol. The molecule has 0 saturated heterocycles. The number of aromatic nitrogens is 2. The van der Waals surface area contributed by atoms with Crippen molar-refractivity contribution < 1.29 is 9.84 Å². The number of methoxy groups -OCH3 is 1. The van der Waals surface area contributed by atoms with Gasteiger partial charge in [-0.3, -0.25) is 4.68 Å². The third kappa shape index (κ3) is 2.87. The maximum Gasteiger partial charge on any atom is 0.119 e. The van der Waals surface area contributed by atoms with E-state index in [9.17, 15) is 5.11 Å². The van der Waals surface area contributed by atoms with Gasteiger partial charge in [-0.2, -0.15) is 5.10 Å². The predicted octanol–water partition coefficient (Wildman–Crippen LogP) is 2.13. The van der Waals surface area contributed by atoms with Crippen LogP contribution in [0, 0.1) is 0 Å². The van der Waals surface area contributed by atoms with Gasteiger partial charge in [-0.05, 0) is 37.0 Å². The van der Waals surface area contributed by atoms with E-state index in [-0.39, 0.29) is 18.7 Å². The normalized spacial score (nSPS) is 18.8. The molecule has 2 N–H and O–H groups in total. The minimum absolute atomic E-state index is 0.0548. The van der Waals surface area contributed by atoms with Crippen molar-refractivity contribution in [2.24, 2.45) is 7.05 Å². The van der Waals surface area contributed by atoms with Gasteiger partial charge in [0.1, 0.15) is 5.75 Å². The largest absolute Gasteiger partial charge is 0.497 e. The number of aliphatic hydroxyl groups is 1. The van der Waals surface area contributed by atoms with Crippen LogP contribution in [0.5, 0.6) is 5.75 Å². The lowest BCUT2D eigenvalue weighted by Gasteiger charge is -2.28. The maximum absolute atomic E-state index is 9.80. The van der Waals surface area contributed by atoms with Gasteiger partial charge in [0.05, 0.1) is 26.0 Å². The lowest BCUT2D eigenvalue weighted by Crippen LogP contribution is -2.31. The highest BCUT2D eigenvalue weighted by molar-refractivity contribution is 5.31. The summed E-state index contributed by atoms with van der Waals surface area (Å²) in [6, 6.07) is 7.99. The van der Waals surface area contributed by atoms with E-state index in [4.69, 9.17) is 4.74 Å². The van der Waals surface area contributed by atoms with E-state index < -0.39 is 0 Å². The third-order valence-electron chi connectivity index (χ3n) is 4.46. The van der Waals surface area contributed by atoms with Crippen LogP contribution in [-0.2, 0) is 13.5 Å². The predicted molar refractivity (Wildman–Crippen MR) is 84.8 cm³/mol. The van der Waals surface area contributed by atoms with Gasteiger partial charge in [-0.1, -0.05) is 12.1 Å². The molecule has 0 fully saturated rings. The average molecular weight is 301 g/mol. The summed E-state index contributed by atoms with van der Waals surface area (Å²) < 4.78 is 7.24.